The Balaban J connectivity index is 2.78. The second-order valence-electron chi connectivity index (χ2n) is 5.11. The lowest BCUT2D eigenvalue weighted by Gasteiger charge is -2.23. The van der Waals surface area contributed by atoms with Crippen LogP contribution < -0.4 is 5.73 Å². The highest BCUT2D eigenvalue weighted by atomic mass is 32.1. The van der Waals surface area contributed by atoms with Crippen LogP contribution in [0.5, 0.6) is 0 Å². The molecule has 0 aliphatic heterocycles. The quantitative estimate of drug-likeness (QED) is 0.351. The van der Waals surface area contributed by atoms with Crippen molar-refractivity contribution in [3.05, 3.63) is 21.9 Å². The van der Waals surface area contributed by atoms with Gasteiger partial charge < -0.3 is 15.8 Å². The predicted molar refractivity (Wildman–Crippen MR) is 82.5 cm³/mol. The van der Waals surface area contributed by atoms with Gasteiger partial charge in [0.15, 0.2) is 0 Å². The monoisotopic (exact) mass is 297 g/mol. The van der Waals surface area contributed by atoms with Crippen molar-refractivity contribution in [1.29, 1.82) is 0 Å². The number of hydrogen-bond acceptors (Lipinski definition) is 4. The van der Waals surface area contributed by atoms with Crippen molar-refractivity contribution in [2.75, 3.05) is 13.1 Å². The van der Waals surface area contributed by atoms with Gasteiger partial charge in [0.1, 0.15) is 5.84 Å². The second kappa shape index (κ2) is 7.89. The van der Waals surface area contributed by atoms with Crippen LogP contribution in [-0.4, -0.2) is 34.9 Å². The number of amides is 1. The van der Waals surface area contributed by atoms with E-state index >= 15 is 0 Å². The van der Waals surface area contributed by atoms with E-state index in [1.807, 2.05) is 12.1 Å². The zero-order valence-corrected chi connectivity index (χ0v) is 13.1. The van der Waals surface area contributed by atoms with E-state index in [2.05, 4.69) is 25.9 Å². The topological polar surface area (TPSA) is 78.9 Å². The molecule has 0 radical (unpaired) electrons. The molecule has 1 aromatic rings. The minimum atomic E-state index is 0.0224. The molecule has 112 valence electrons. The molecule has 0 spiro atoms. The third kappa shape index (κ3) is 4.85. The summed E-state index contributed by atoms with van der Waals surface area (Å²) in [6, 6.07) is 3.87. The third-order valence-electron chi connectivity index (χ3n) is 2.86. The molecule has 0 fully saturated rings. The molecule has 0 saturated heterocycles. The second-order valence-corrected chi connectivity index (χ2v) is 6.27. The number of amidine groups is 1. The number of oxime groups is 1. The highest BCUT2D eigenvalue weighted by molar-refractivity contribution is 7.14. The molecule has 1 amide bonds. The van der Waals surface area contributed by atoms with Gasteiger partial charge in [0.2, 0.25) is 0 Å². The van der Waals surface area contributed by atoms with Crippen molar-refractivity contribution < 1.29 is 10.0 Å². The Morgan fingerprint density at radius 3 is 2.70 bits per heavy atom. The van der Waals surface area contributed by atoms with Crippen molar-refractivity contribution in [3.8, 4) is 0 Å². The van der Waals surface area contributed by atoms with Crippen LogP contribution in [-0.2, 0) is 6.42 Å². The molecule has 0 aromatic carbocycles. The van der Waals surface area contributed by atoms with Gasteiger partial charge in [-0.2, -0.15) is 0 Å². The summed E-state index contributed by atoms with van der Waals surface area (Å²) in [5.74, 6) is 0.540. The van der Waals surface area contributed by atoms with Gasteiger partial charge in [-0.25, -0.2) is 0 Å². The first-order chi connectivity index (χ1) is 9.47. The fourth-order valence-electron chi connectivity index (χ4n) is 1.85. The van der Waals surface area contributed by atoms with Gasteiger partial charge in [-0.15, -0.1) is 11.3 Å². The fourth-order valence-corrected chi connectivity index (χ4v) is 2.77. The molecule has 0 unspecified atom stereocenters. The molecule has 0 aliphatic carbocycles. The molecule has 3 N–H and O–H groups in total. The normalized spacial score (nSPS) is 11.9. The largest absolute Gasteiger partial charge is 0.409 e. The predicted octanol–water partition coefficient (Wildman–Crippen LogP) is 2.55. The number of carbonyl (C=O) groups is 1. The summed E-state index contributed by atoms with van der Waals surface area (Å²) in [5.41, 5.74) is 5.48. The molecular weight excluding hydrogens is 274 g/mol. The maximum atomic E-state index is 12.5. The molecule has 0 aliphatic rings. The number of nitrogens with zero attached hydrogens (tertiary/aromatic N) is 2. The van der Waals surface area contributed by atoms with E-state index in [0.717, 1.165) is 11.3 Å². The van der Waals surface area contributed by atoms with Crippen molar-refractivity contribution in [2.45, 2.75) is 33.6 Å². The number of rotatable bonds is 7. The van der Waals surface area contributed by atoms with Gasteiger partial charge >= 0.3 is 0 Å². The van der Waals surface area contributed by atoms with Crippen LogP contribution in [0.25, 0.3) is 0 Å². The third-order valence-corrected chi connectivity index (χ3v) is 4.08. The maximum absolute atomic E-state index is 12.5. The molecule has 5 nitrogen and oxygen atoms in total. The first-order valence-electron chi connectivity index (χ1n) is 6.82. The lowest BCUT2D eigenvalue weighted by Crippen LogP contribution is -2.36. The van der Waals surface area contributed by atoms with E-state index in [-0.39, 0.29) is 11.7 Å². The summed E-state index contributed by atoms with van der Waals surface area (Å²) in [7, 11) is 0. The molecule has 0 saturated carbocycles. The van der Waals surface area contributed by atoms with Gasteiger partial charge in [0.25, 0.3) is 5.91 Å². The maximum Gasteiger partial charge on any atom is 0.263 e. The summed E-state index contributed by atoms with van der Waals surface area (Å²) < 4.78 is 0. The lowest BCUT2D eigenvalue weighted by molar-refractivity contribution is 0.0745. The van der Waals surface area contributed by atoms with E-state index in [0.29, 0.717) is 25.4 Å². The number of nitrogens with two attached hydrogens (primary N) is 1. The summed E-state index contributed by atoms with van der Waals surface area (Å²) in [5, 5.41) is 11.5. The molecular formula is C14H23N3O2S. The summed E-state index contributed by atoms with van der Waals surface area (Å²) in [6.07, 6.45) is 1.31. The average molecular weight is 297 g/mol. The average Bonchev–Trinajstić information content (AvgIpc) is 2.90. The Morgan fingerprint density at radius 1 is 1.50 bits per heavy atom. The van der Waals surface area contributed by atoms with E-state index in [1.54, 1.807) is 4.90 Å². The van der Waals surface area contributed by atoms with Gasteiger partial charge in [-0.05, 0) is 24.5 Å². The van der Waals surface area contributed by atoms with Crippen LogP contribution in [0.4, 0.5) is 0 Å². The highest BCUT2D eigenvalue weighted by Gasteiger charge is 2.18. The summed E-state index contributed by atoms with van der Waals surface area (Å²) >= 11 is 1.53. The molecule has 1 rings (SSSR count). The van der Waals surface area contributed by atoms with Gasteiger partial charge in [-0.3, -0.25) is 4.79 Å². The number of carbonyl (C=O) groups excluding carboxylic acids is 1. The van der Waals surface area contributed by atoms with E-state index in [9.17, 15) is 4.79 Å². The minimum absolute atomic E-state index is 0.0224. The number of hydrogen-bond donors (Lipinski definition) is 2. The molecule has 1 heterocycles. The van der Waals surface area contributed by atoms with Crippen molar-refractivity contribution in [2.24, 2.45) is 16.8 Å². The standard InChI is InChI=1S/C14H23N3O2S/c1-4-11-5-6-12(20-11)14(18)17(9-10(2)3)8-7-13(15)16-19/h5-6,10,19H,4,7-9H2,1-3H3,(H2,15,16). The van der Waals surface area contributed by atoms with E-state index in [4.69, 9.17) is 10.9 Å². The Labute approximate surface area is 124 Å². The van der Waals surface area contributed by atoms with E-state index in [1.165, 1.54) is 16.2 Å². The molecule has 0 atom stereocenters. The van der Waals surface area contributed by atoms with Gasteiger partial charge in [-0.1, -0.05) is 25.9 Å². The Morgan fingerprint density at radius 2 is 2.20 bits per heavy atom. The van der Waals surface area contributed by atoms with E-state index < -0.39 is 0 Å². The fraction of sp³-hybridized carbons (Fsp3) is 0.571. The molecule has 20 heavy (non-hydrogen) atoms. The van der Waals surface area contributed by atoms with Crippen LogP contribution in [0.2, 0.25) is 0 Å². The highest BCUT2D eigenvalue weighted by Crippen LogP contribution is 2.19. The van der Waals surface area contributed by atoms with Gasteiger partial charge in [0, 0.05) is 24.4 Å². The van der Waals surface area contributed by atoms with Gasteiger partial charge in [0.05, 0.1) is 4.88 Å². The van der Waals surface area contributed by atoms with Crippen LogP contribution in [0.15, 0.2) is 17.3 Å². The van der Waals surface area contributed by atoms with Crippen molar-refractivity contribution in [1.82, 2.24) is 4.90 Å². The zero-order chi connectivity index (χ0) is 15.1. The smallest absolute Gasteiger partial charge is 0.263 e. The number of thiophene rings is 1. The number of aryl methyl sites for hydroxylation is 1. The van der Waals surface area contributed by atoms with Crippen LogP contribution in [0, 0.1) is 5.92 Å². The Bertz CT molecular complexity index is 469. The minimum Gasteiger partial charge on any atom is -0.409 e. The van der Waals surface area contributed by atoms with Crippen LogP contribution in [0.1, 0.15) is 41.7 Å². The van der Waals surface area contributed by atoms with Crippen molar-refractivity contribution in [3.63, 3.8) is 0 Å². The summed E-state index contributed by atoms with van der Waals surface area (Å²) in [4.78, 5) is 16.2. The lowest BCUT2D eigenvalue weighted by atomic mass is 10.2. The van der Waals surface area contributed by atoms with Crippen LogP contribution >= 0.6 is 11.3 Å². The summed E-state index contributed by atoms with van der Waals surface area (Å²) in [6.45, 7) is 7.33. The zero-order valence-electron chi connectivity index (χ0n) is 12.3. The first kappa shape index (κ1) is 16.5. The Hall–Kier alpha value is -1.56. The molecule has 0 bridgehead atoms. The molecule has 1 aromatic heterocycles. The first-order valence-corrected chi connectivity index (χ1v) is 7.64. The molecule has 6 heteroatoms. The SMILES string of the molecule is CCc1ccc(C(=O)N(CCC(N)=NO)CC(C)C)s1. The van der Waals surface area contributed by atoms with Crippen molar-refractivity contribution >= 4 is 23.1 Å². The Kier molecular flexibility index (Phi) is 6.51. The van der Waals surface area contributed by atoms with Crippen LogP contribution in [0.3, 0.4) is 0 Å².